The lowest BCUT2D eigenvalue weighted by atomic mass is 9.79. The molecule has 8 heteroatoms. The summed E-state index contributed by atoms with van der Waals surface area (Å²) < 4.78 is 52.0. The van der Waals surface area contributed by atoms with Crippen molar-refractivity contribution < 1.29 is 22.1 Å². The first kappa shape index (κ1) is 20.0. The van der Waals surface area contributed by atoms with Gasteiger partial charge in [0.2, 0.25) is 10.0 Å². The lowest BCUT2D eigenvalue weighted by molar-refractivity contribution is 0.00578. The molecule has 0 radical (unpaired) electrons. The van der Waals surface area contributed by atoms with Gasteiger partial charge in [0.1, 0.15) is 5.82 Å². The third-order valence-corrected chi connectivity index (χ3v) is 6.51. The fourth-order valence-electron chi connectivity index (χ4n) is 2.65. The average Bonchev–Trinajstić information content (AvgIpc) is 2.82. The van der Waals surface area contributed by atoms with Crippen molar-refractivity contribution in [3.8, 4) is 0 Å². The molecule has 144 valence electrons. The molecule has 1 aliphatic rings. The molecule has 0 bridgehead atoms. The summed E-state index contributed by atoms with van der Waals surface area (Å²) in [5, 5.41) is 0. The Hall–Kier alpha value is -1.74. The molecular formula is C19H23BFNO4S. The summed E-state index contributed by atoms with van der Waals surface area (Å²) in [6.45, 7) is 8.09. The van der Waals surface area contributed by atoms with Gasteiger partial charge in [-0.2, -0.15) is 0 Å². The molecule has 1 fully saturated rings. The van der Waals surface area contributed by atoms with Crippen molar-refractivity contribution in [3.05, 3.63) is 59.9 Å². The molecule has 1 saturated heterocycles. The van der Waals surface area contributed by atoms with Crippen molar-refractivity contribution in [2.24, 2.45) is 0 Å². The van der Waals surface area contributed by atoms with E-state index >= 15 is 0 Å². The number of nitrogens with one attached hydrogen (secondary N) is 1. The van der Waals surface area contributed by atoms with Crippen LogP contribution in [0.3, 0.4) is 0 Å². The molecule has 2 aromatic carbocycles. The molecule has 1 N–H and O–H groups in total. The Morgan fingerprint density at radius 1 is 0.926 bits per heavy atom. The van der Waals surface area contributed by atoms with E-state index < -0.39 is 34.2 Å². The van der Waals surface area contributed by atoms with Crippen LogP contribution in [-0.2, 0) is 25.9 Å². The number of halogens is 1. The molecule has 1 aliphatic heterocycles. The van der Waals surface area contributed by atoms with Crippen LogP contribution in [0.1, 0.15) is 33.3 Å². The summed E-state index contributed by atoms with van der Waals surface area (Å²) in [7, 11) is -4.16. The summed E-state index contributed by atoms with van der Waals surface area (Å²) >= 11 is 0. The van der Waals surface area contributed by atoms with Gasteiger partial charge in [0, 0.05) is 6.54 Å². The smallest absolute Gasteiger partial charge is 0.399 e. The second-order valence-electron chi connectivity index (χ2n) is 7.61. The summed E-state index contributed by atoms with van der Waals surface area (Å²) in [5.41, 5.74) is 0.835. The third-order valence-electron chi connectivity index (χ3n) is 5.10. The highest BCUT2D eigenvalue weighted by Crippen LogP contribution is 2.36. The van der Waals surface area contributed by atoms with Crippen LogP contribution in [-0.4, -0.2) is 26.7 Å². The highest BCUT2D eigenvalue weighted by Gasteiger charge is 2.51. The lowest BCUT2D eigenvalue weighted by Gasteiger charge is -2.32. The van der Waals surface area contributed by atoms with Crippen LogP contribution in [0.5, 0.6) is 0 Å². The van der Waals surface area contributed by atoms with Crippen LogP contribution in [0.2, 0.25) is 0 Å². The van der Waals surface area contributed by atoms with Crippen LogP contribution in [0.25, 0.3) is 0 Å². The van der Waals surface area contributed by atoms with E-state index in [0.717, 1.165) is 23.2 Å². The summed E-state index contributed by atoms with van der Waals surface area (Å²) in [4.78, 5) is 0.0257. The van der Waals surface area contributed by atoms with Gasteiger partial charge < -0.3 is 9.31 Å². The zero-order valence-corrected chi connectivity index (χ0v) is 16.6. The van der Waals surface area contributed by atoms with E-state index in [-0.39, 0.29) is 11.4 Å². The van der Waals surface area contributed by atoms with Crippen molar-refractivity contribution >= 4 is 22.6 Å². The number of rotatable bonds is 5. The van der Waals surface area contributed by atoms with Gasteiger partial charge in [-0.25, -0.2) is 17.5 Å². The molecule has 0 aromatic heterocycles. The predicted octanol–water partition coefficient (Wildman–Crippen LogP) is 2.60. The van der Waals surface area contributed by atoms with E-state index in [2.05, 4.69) is 4.72 Å². The Labute approximate surface area is 160 Å². The van der Waals surface area contributed by atoms with E-state index in [1.807, 2.05) is 52.0 Å². The summed E-state index contributed by atoms with van der Waals surface area (Å²) in [6, 6.07) is 12.1. The fraction of sp³-hybridized carbons (Fsp3) is 0.368. The zero-order chi connectivity index (χ0) is 19.9. The Kier molecular flexibility index (Phi) is 5.20. The van der Waals surface area contributed by atoms with E-state index in [4.69, 9.17) is 9.31 Å². The number of benzene rings is 2. The van der Waals surface area contributed by atoms with Crippen LogP contribution in [0, 0.1) is 5.82 Å². The first-order valence-corrected chi connectivity index (χ1v) is 10.2. The van der Waals surface area contributed by atoms with Gasteiger partial charge in [-0.05, 0) is 63.0 Å². The maximum Gasteiger partial charge on any atom is 0.494 e. The number of sulfonamides is 1. The largest absolute Gasteiger partial charge is 0.494 e. The molecule has 0 aliphatic carbocycles. The number of hydrogen-bond donors (Lipinski definition) is 1. The van der Waals surface area contributed by atoms with Crippen LogP contribution < -0.4 is 10.2 Å². The van der Waals surface area contributed by atoms with E-state index in [9.17, 15) is 12.8 Å². The maximum absolute atomic E-state index is 13.0. The average molecular weight is 391 g/mol. The van der Waals surface area contributed by atoms with Gasteiger partial charge in [-0.3, -0.25) is 0 Å². The molecule has 0 amide bonds. The van der Waals surface area contributed by atoms with Crippen LogP contribution >= 0.6 is 0 Å². The highest BCUT2D eigenvalue weighted by molar-refractivity contribution is 7.89. The van der Waals surface area contributed by atoms with Gasteiger partial charge in [0.25, 0.3) is 0 Å². The summed E-state index contributed by atoms with van der Waals surface area (Å²) in [6.07, 6.45) is 0. The monoisotopic (exact) mass is 391 g/mol. The molecule has 3 rings (SSSR count). The van der Waals surface area contributed by atoms with Gasteiger partial charge in [-0.15, -0.1) is 0 Å². The van der Waals surface area contributed by atoms with Gasteiger partial charge in [-0.1, -0.05) is 24.3 Å². The van der Waals surface area contributed by atoms with Gasteiger partial charge >= 0.3 is 7.12 Å². The predicted molar refractivity (Wildman–Crippen MR) is 103 cm³/mol. The van der Waals surface area contributed by atoms with E-state index in [1.54, 1.807) is 0 Å². The van der Waals surface area contributed by atoms with Gasteiger partial charge in [0.15, 0.2) is 0 Å². The molecule has 2 aromatic rings. The molecule has 0 spiro atoms. The maximum atomic E-state index is 13.0. The lowest BCUT2D eigenvalue weighted by Crippen LogP contribution is -2.41. The fourth-order valence-corrected chi connectivity index (χ4v) is 3.66. The highest BCUT2D eigenvalue weighted by atomic mass is 32.2. The minimum absolute atomic E-state index is 0.0257. The van der Waals surface area contributed by atoms with Crippen molar-refractivity contribution in [2.45, 2.75) is 50.3 Å². The second-order valence-corrected chi connectivity index (χ2v) is 9.38. The Morgan fingerprint density at radius 2 is 1.44 bits per heavy atom. The van der Waals surface area contributed by atoms with Crippen LogP contribution in [0.4, 0.5) is 4.39 Å². The van der Waals surface area contributed by atoms with Crippen molar-refractivity contribution in [3.63, 3.8) is 0 Å². The first-order valence-electron chi connectivity index (χ1n) is 8.70. The summed E-state index contributed by atoms with van der Waals surface area (Å²) in [5.74, 6) is -0.479. The minimum Gasteiger partial charge on any atom is -0.399 e. The molecule has 27 heavy (non-hydrogen) atoms. The molecule has 0 saturated carbocycles. The van der Waals surface area contributed by atoms with Crippen LogP contribution in [0.15, 0.2) is 53.4 Å². The number of hydrogen-bond acceptors (Lipinski definition) is 4. The minimum atomic E-state index is -3.70. The Morgan fingerprint density at radius 3 is 1.96 bits per heavy atom. The second kappa shape index (κ2) is 7.02. The third kappa shape index (κ3) is 4.24. The van der Waals surface area contributed by atoms with Crippen molar-refractivity contribution in [2.75, 3.05) is 0 Å². The van der Waals surface area contributed by atoms with Crippen molar-refractivity contribution in [1.29, 1.82) is 0 Å². The quantitative estimate of drug-likeness (QED) is 0.796. The Bertz CT molecular complexity index is 896. The molecular weight excluding hydrogens is 368 g/mol. The van der Waals surface area contributed by atoms with Gasteiger partial charge in [0.05, 0.1) is 16.1 Å². The molecule has 0 atom stereocenters. The molecule has 0 unspecified atom stereocenters. The molecule has 1 heterocycles. The van der Waals surface area contributed by atoms with E-state index in [1.165, 1.54) is 12.1 Å². The Balaban J connectivity index is 1.66. The topological polar surface area (TPSA) is 64.6 Å². The normalized spacial score (nSPS) is 18.6. The SMILES string of the molecule is CC1(C)OB(c2ccc(CNS(=O)(=O)c3ccc(F)cc3)cc2)OC1(C)C. The first-order chi connectivity index (χ1) is 12.5. The van der Waals surface area contributed by atoms with E-state index in [0.29, 0.717) is 0 Å². The standard InChI is InChI=1S/C19H23BFNO4S/c1-18(2)19(3,4)26-20(25-18)15-7-5-14(6-8-15)13-22-27(23,24)17-11-9-16(21)10-12-17/h5-12,22H,13H2,1-4H3. The molecule has 5 nitrogen and oxygen atoms in total. The zero-order valence-electron chi connectivity index (χ0n) is 15.8. The van der Waals surface area contributed by atoms with Crippen molar-refractivity contribution in [1.82, 2.24) is 4.72 Å².